The molecule has 122 valence electrons. The van der Waals surface area contributed by atoms with Crippen LogP contribution in [0.2, 0.25) is 0 Å². The molecule has 1 aliphatic rings. The van der Waals surface area contributed by atoms with Crippen LogP contribution in [0.25, 0.3) is 0 Å². The molecule has 2 atom stereocenters. The lowest BCUT2D eigenvalue weighted by Crippen LogP contribution is -2.30. The summed E-state index contributed by atoms with van der Waals surface area (Å²) in [6.07, 6.45) is 2.17. The second kappa shape index (κ2) is 6.50. The second-order valence-electron chi connectivity index (χ2n) is 6.13. The molecular weight excluding hydrogens is 290 g/mol. The second-order valence-corrected chi connectivity index (χ2v) is 6.13. The Morgan fingerprint density at radius 2 is 2.26 bits per heavy atom. The van der Waals surface area contributed by atoms with Gasteiger partial charge >= 0.3 is 0 Å². The Morgan fingerprint density at radius 1 is 1.43 bits per heavy atom. The fraction of sp³-hybridized carbons (Fsp3) is 0.471. The minimum atomic E-state index is -0.0568. The summed E-state index contributed by atoms with van der Waals surface area (Å²) >= 11 is 0. The van der Waals surface area contributed by atoms with Crippen molar-refractivity contribution >= 4 is 11.6 Å². The van der Waals surface area contributed by atoms with Gasteiger partial charge in [-0.15, -0.1) is 0 Å². The van der Waals surface area contributed by atoms with Crippen molar-refractivity contribution in [2.45, 2.75) is 52.2 Å². The molecule has 6 nitrogen and oxygen atoms in total. The molecule has 23 heavy (non-hydrogen) atoms. The summed E-state index contributed by atoms with van der Waals surface area (Å²) < 4.78 is 2.01. The number of amides is 1. The standard InChI is InChI=1S/C17H23N5O/c1-11(14-6-4-7-15(10-14)20-13(3)23)18-16-8-5-9-22-17(16)19-12(2)21-22/h4,6-7,10-11,16,18H,5,8-9H2,1-3H3,(H,20,23)/t11-,16-/m0/s1. The Balaban J connectivity index is 1.75. The average Bonchev–Trinajstić information content (AvgIpc) is 2.88. The summed E-state index contributed by atoms with van der Waals surface area (Å²) in [6.45, 7) is 6.53. The summed E-state index contributed by atoms with van der Waals surface area (Å²) in [5, 5.41) is 10.9. The van der Waals surface area contributed by atoms with Crippen molar-refractivity contribution in [2.75, 3.05) is 5.32 Å². The molecule has 2 aromatic rings. The van der Waals surface area contributed by atoms with Crippen molar-refractivity contribution in [3.8, 4) is 0 Å². The number of carbonyl (C=O) groups excluding carboxylic acids is 1. The molecule has 2 N–H and O–H groups in total. The average molecular weight is 313 g/mol. The minimum Gasteiger partial charge on any atom is -0.326 e. The van der Waals surface area contributed by atoms with Gasteiger partial charge in [-0.1, -0.05) is 12.1 Å². The maximum Gasteiger partial charge on any atom is 0.221 e. The van der Waals surface area contributed by atoms with Gasteiger partial charge in [0.2, 0.25) is 5.91 Å². The SMILES string of the molecule is CC(=O)Nc1cccc([C@H](C)N[C@H]2CCCn3nc(C)nc32)c1. The zero-order chi connectivity index (χ0) is 16.4. The molecule has 2 heterocycles. The van der Waals surface area contributed by atoms with E-state index in [0.717, 1.165) is 42.3 Å². The van der Waals surface area contributed by atoms with Gasteiger partial charge in [0.25, 0.3) is 0 Å². The number of benzene rings is 1. The highest BCUT2D eigenvalue weighted by Gasteiger charge is 2.25. The number of hydrogen-bond donors (Lipinski definition) is 2. The van der Waals surface area contributed by atoms with Crippen molar-refractivity contribution in [3.63, 3.8) is 0 Å². The van der Waals surface area contributed by atoms with E-state index in [9.17, 15) is 4.79 Å². The molecule has 3 rings (SSSR count). The van der Waals surface area contributed by atoms with Crippen molar-refractivity contribution in [2.24, 2.45) is 0 Å². The van der Waals surface area contributed by atoms with Gasteiger partial charge in [-0.2, -0.15) is 5.10 Å². The van der Waals surface area contributed by atoms with Crippen LogP contribution in [0.4, 0.5) is 5.69 Å². The monoisotopic (exact) mass is 313 g/mol. The highest BCUT2D eigenvalue weighted by Crippen LogP contribution is 2.27. The van der Waals surface area contributed by atoms with Gasteiger partial charge in [0.1, 0.15) is 11.6 Å². The molecular formula is C17H23N5O. The third kappa shape index (κ3) is 3.59. The number of anilines is 1. The first kappa shape index (κ1) is 15.7. The Kier molecular flexibility index (Phi) is 4.43. The predicted octanol–water partition coefficient (Wildman–Crippen LogP) is 2.73. The van der Waals surface area contributed by atoms with Crippen LogP contribution in [0.15, 0.2) is 24.3 Å². The Hall–Kier alpha value is -2.21. The largest absolute Gasteiger partial charge is 0.326 e. The fourth-order valence-electron chi connectivity index (χ4n) is 3.11. The Labute approximate surface area is 136 Å². The smallest absolute Gasteiger partial charge is 0.221 e. The van der Waals surface area contributed by atoms with Crippen LogP contribution < -0.4 is 10.6 Å². The lowest BCUT2D eigenvalue weighted by Gasteiger charge is -2.27. The van der Waals surface area contributed by atoms with E-state index in [4.69, 9.17) is 0 Å². The molecule has 6 heteroatoms. The maximum absolute atomic E-state index is 11.2. The van der Waals surface area contributed by atoms with E-state index >= 15 is 0 Å². The number of aromatic nitrogens is 3. The van der Waals surface area contributed by atoms with Gasteiger partial charge in [0, 0.05) is 25.2 Å². The van der Waals surface area contributed by atoms with Gasteiger partial charge in [-0.05, 0) is 44.4 Å². The number of hydrogen-bond acceptors (Lipinski definition) is 4. The van der Waals surface area contributed by atoms with Crippen LogP contribution in [-0.2, 0) is 11.3 Å². The summed E-state index contributed by atoms with van der Waals surface area (Å²) in [4.78, 5) is 15.8. The van der Waals surface area contributed by atoms with Gasteiger partial charge in [-0.25, -0.2) is 9.67 Å². The molecule has 0 radical (unpaired) electrons. The number of fused-ring (bicyclic) bond motifs is 1. The summed E-state index contributed by atoms with van der Waals surface area (Å²) in [6, 6.07) is 8.33. The third-order valence-corrected chi connectivity index (χ3v) is 4.14. The number of aryl methyl sites for hydroxylation is 2. The van der Waals surface area contributed by atoms with Crippen molar-refractivity contribution < 1.29 is 4.79 Å². The first-order chi connectivity index (χ1) is 11.0. The maximum atomic E-state index is 11.2. The highest BCUT2D eigenvalue weighted by molar-refractivity contribution is 5.88. The first-order valence-electron chi connectivity index (χ1n) is 8.08. The van der Waals surface area contributed by atoms with E-state index in [2.05, 4.69) is 33.7 Å². The zero-order valence-corrected chi connectivity index (χ0v) is 13.8. The number of carbonyl (C=O) groups is 1. The van der Waals surface area contributed by atoms with Crippen LogP contribution in [0.1, 0.15) is 56.0 Å². The molecule has 0 bridgehead atoms. The molecule has 0 saturated heterocycles. The summed E-state index contributed by atoms with van der Waals surface area (Å²) in [7, 11) is 0. The lowest BCUT2D eigenvalue weighted by molar-refractivity contribution is -0.114. The van der Waals surface area contributed by atoms with Crippen molar-refractivity contribution in [1.29, 1.82) is 0 Å². The van der Waals surface area contributed by atoms with Crippen molar-refractivity contribution in [1.82, 2.24) is 20.1 Å². The predicted molar refractivity (Wildman–Crippen MR) is 89.0 cm³/mol. The fourth-order valence-corrected chi connectivity index (χ4v) is 3.11. The van der Waals surface area contributed by atoms with E-state index in [1.165, 1.54) is 6.92 Å². The van der Waals surface area contributed by atoms with E-state index in [-0.39, 0.29) is 18.0 Å². The molecule has 0 fully saturated rings. The first-order valence-corrected chi connectivity index (χ1v) is 8.08. The summed E-state index contributed by atoms with van der Waals surface area (Å²) in [5.74, 6) is 1.80. The Bertz CT molecular complexity index is 709. The topological polar surface area (TPSA) is 71.8 Å². The van der Waals surface area contributed by atoms with Crippen LogP contribution >= 0.6 is 0 Å². The van der Waals surface area contributed by atoms with Gasteiger partial charge < -0.3 is 10.6 Å². The number of rotatable bonds is 4. The molecule has 0 spiro atoms. The van der Waals surface area contributed by atoms with Crippen LogP contribution in [0.3, 0.4) is 0 Å². The highest BCUT2D eigenvalue weighted by atomic mass is 16.1. The van der Waals surface area contributed by atoms with Crippen molar-refractivity contribution in [3.05, 3.63) is 41.5 Å². The molecule has 1 aromatic heterocycles. The molecule has 0 aliphatic carbocycles. The molecule has 1 aromatic carbocycles. The summed E-state index contributed by atoms with van der Waals surface area (Å²) in [5.41, 5.74) is 1.97. The van der Waals surface area contributed by atoms with E-state index in [1.54, 1.807) is 0 Å². The molecule has 0 saturated carbocycles. The quantitative estimate of drug-likeness (QED) is 0.910. The van der Waals surface area contributed by atoms with Gasteiger partial charge in [0.15, 0.2) is 0 Å². The molecule has 0 unspecified atom stereocenters. The third-order valence-electron chi connectivity index (χ3n) is 4.14. The number of nitrogens with zero attached hydrogens (tertiary/aromatic N) is 3. The minimum absolute atomic E-state index is 0.0568. The zero-order valence-electron chi connectivity index (χ0n) is 13.8. The van der Waals surface area contributed by atoms with Gasteiger partial charge in [-0.3, -0.25) is 4.79 Å². The molecule has 1 aliphatic heterocycles. The Morgan fingerprint density at radius 3 is 3.04 bits per heavy atom. The van der Waals surface area contributed by atoms with Crippen LogP contribution in [0.5, 0.6) is 0 Å². The van der Waals surface area contributed by atoms with E-state index < -0.39 is 0 Å². The van der Waals surface area contributed by atoms with Crippen LogP contribution in [0, 0.1) is 6.92 Å². The van der Waals surface area contributed by atoms with E-state index in [1.807, 2.05) is 29.8 Å². The van der Waals surface area contributed by atoms with Crippen LogP contribution in [-0.4, -0.2) is 20.7 Å². The lowest BCUT2D eigenvalue weighted by atomic mass is 10.0. The molecule has 1 amide bonds. The normalized spacial score (nSPS) is 18.3. The van der Waals surface area contributed by atoms with E-state index in [0.29, 0.717) is 0 Å². The van der Waals surface area contributed by atoms with Gasteiger partial charge in [0.05, 0.1) is 6.04 Å². The number of nitrogens with one attached hydrogen (secondary N) is 2.